The number of rotatable bonds is 4. The Morgan fingerprint density at radius 3 is 2.56 bits per heavy atom. The Hall–Kier alpha value is -1.96. The van der Waals surface area contributed by atoms with E-state index in [0.29, 0.717) is 13.1 Å². The van der Waals surface area contributed by atoms with Crippen LogP contribution in [0.25, 0.3) is 0 Å². The molecule has 1 N–H and O–H groups in total. The fraction of sp³-hybridized carbons (Fsp3) is 0.200. The van der Waals surface area contributed by atoms with Crippen LogP contribution in [0.2, 0.25) is 0 Å². The van der Waals surface area contributed by atoms with Gasteiger partial charge in [-0.05, 0) is 29.8 Å². The molecule has 0 fully saturated rings. The van der Waals surface area contributed by atoms with Crippen molar-refractivity contribution in [1.29, 1.82) is 0 Å². The van der Waals surface area contributed by atoms with Crippen molar-refractivity contribution in [3.63, 3.8) is 0 Å². The van der Waals surface area contributed by atoms with Crippen molar-refractivity contribution in [3.05, 3.63) is 82.6 Å². The summed E-state index contributed by atoms with van der Waals surface area (Å²) in [6.07, 6.45) is 3.69. The van der Waals surface area contributed by atoms with Gasteiger partial charge in [0, 0.05) is 16.1 Å². The van der Waals surface area contributed by atoms with Gasteiger partial charge in [0.05, 0.1) is 19.9 Å². The minimum Gasteiger partial charge on any atom is -1.00 e. The van der Waals surface area contributed by atoms with Crippen LogP contribution in [-0.2, 0) is 18.8 Å². The molecule has 0 aliphatic carbocycles. The van der Waals surface area contributed by atoms with Gasteiger partial charge in [-0.25, -0.2) is 9.47 Å². The zero-order valence-corrected chi connectivity index (χ0v) is 17.9. The summed E-state index contributed by atoms with van der Waals surface area (Å²) in [6.45, 7) is 0.960. The molecule has 0 saturated heterocycles. The van der Waals surface area contributed by atoms with E-state index in [0.717, 1.165) is 27.3 Å². The summed E-state index contributed by atoms with van der Waals surface area (Å²) in [7, 11) is 1.65. The second kappa shape index (κ2) is 7.96. The van der Waals surface area contributed by atoms with Crippen molar-refractivity contribution in [1.82, 2.24) is 4.98 Å². The summed E-state index contributed by atoms with van der Waals surface area (Å²) < 4.78 is 8.19. The van der Waals surface area contributed by atoms with E-state index >= 15 is 0 Å². The SMILES string of the molecule is COc1ccc(CN2c3nccc[n+]3CC2(O)c2ccc(Br)cc2)cc1.[Br-]. The van der Waals surface area contributed by atoms with Crippen LogP contribution < -0.4 is 31.2 Å². The maximum Gasteiger partial charge on any atom is 0.397 e. The van der Waals surface area contributed by atoms with Crippen molar-refractivity contribution in [2.45, 2.75) is 18.8 Å². The topological polar surface area (TPSA) is 49.5 Å². The molecule has 5 nitrogen and oxygen atoms in total. The van der Waals surface area contributed by atoms with Crippen molar-refractivity contribution >= 4 is 21.9 Å². The second-order valence-electron chi connectivity index (χ2n) is 6.31. The van der Waals surface area contributed by atoms with Crippen LogP contribution in [0.3, 0.4) is 0 Å². The number of aliphatic hydroxyl groups is 1. The molecule has 1 unspecified atom stereocenters. The lowest BCUT2D eigenvalue weighted by Gasteiger charge is -2.28. The number of hydrogen-bond donors (Lipinski definition) is 1. The van der Waals surface area contributed by atoms with E-state index in [1.165, 1.54) is 0 Å². The van der Waals surface area contributed by atoms with Gasteiger partial charge in [0.1, 0.15) is 18.5 Å². The van der Waals surface area contributed by atoms with E-state index < -0.39 is 5.72 Å². The molecule has 140 valence electrons. The first kappa shape index (κ1) is 19.8. The standard InChI is InChI=1S/C20H19BrN3O2.BrH/c1-26-18-9-3-15(4-10-18)13-24-19-22-11-2-12-23(19)14-20(24,25)16-5-7-17(21)8-6-16;/h2-12,25H,13-14H2,1H3;1H/q+1;/p-1. The highest BCUT2D eigenvalue weighted by Crippen LogP contribution is 2.35. The lowest BCUT2D eigenvalue weighted by molar-refractivity contribution is -0.685. The number of hydrogen-bond acceptors (Lipinski definition) is 4. The monoisotopic (exact) mass is 491 g/mol. The molecule has 4 rings (SSSR count). The number of nitrogens with zero attached hydrogens (tertiary/aromatic N) is 3. The Morgan fingerprint density at radius 2 is 1.89 bits per heavy atom. The molecule has 0 radical (unpaired) electrons. The molecule has 0 bridgehead atoms. The van der Waals surface area contributed by atoms with Crippen molar-refractivity contribution in [2.24, 2.45) is 0 Å². The van der Waals surface area contributed by atoms with Crippen LogP contribution >= 0.6 is 15.9 Å². The van der Waals surface area contributed by atoms with Gasteiger partial charge in [-0.1, -0.05) is 45.2 Å². The Balaban J connectivity index is 0.00000210. The van der Waals surface area contributed by atoms with Crippen LogP contribution in [-0.4, -0.2) is 17.2 Å². The normalized spacial score (nSPS) is 18.0. The van der Waals surface area contributed by atoms with Gasteiger partial charge < -0.3 is 26.8 Å². The molecule has 2 heterocycles. The highest BCUT2D eigenvalue weighted by atomic mass is 79.9. The summed E-state index contributed by atoms with van der Waals surface area (Å²) in [5.74, 6) is 1.56. The predicted molar refractivity (Wildman–Crippen MR) is 102 cm³/mol. The summed E-state index contributed by atoms with van der Waals surface area (Å²) >= 11 is 3.46. The molecule has 0 spiro atoms. The molecule has 2 aromatic carbocycles. The van der Waals surface area contributed by atoms with E-state index in [9.17, 15) is 5.11 Å². The number of methoxy groups -OCH3 is 1. The summed E-state index contributed by atoms with van der Waals surface area (Å²) in [4.78, 5) is 6.45. The molecular formula is C20H19Br2N3O2. The van der Waals surface area contributed by atoms with Gasteiger partial charge in [-0.3, -0.25) is 0 Å². The molecule has 1 aliphatic rings. The number of halogens is 2. The van der Waals surface area contributed by atoms with Crippen molar-refractivity contribution in [2.75, 3.05) is 12.0 Å². The lowest BCUT2D eigenvalue weighted by atomic mass is 10.0. The highest BCUT2D eigenvalue weighted by molar-refractivity contribution is 9.10. The number of anilines is 1. The van der Waals surface area contributed by atoms with Gasteiger partial charge in [-0.15, -0.1) is 0 Å². The Morgan fingerprint density at radius 1 is 1.19 bits per heavy atom. The highest BCUT2D eigenvalue weighted by Gasteiger charge is 2.51. The number of aromatic nitrogens is 2. The van der Waals surface area contributed by atoms with Crippen LogP contribution in [0.4, 0.5) is 5.95 Å². The van der Waals surface area contributed by atoms with E-state index in [-0.39, 0.29) is 17.0 Å². The van der Waals surface area contributed by atoms with E-state index in [2.05, 4.69) is 20.9 Å². The lowest BCUT2D eigenvalue weighted by Crippen LogP contribution is -3.00. The maximum atomic E-state index is 11.6. The Bertz CT molecular complexity index is 919. The summed E-state index contributed by atoms with van der Waals surface area (Å²) in [5, 5.41) is 11.6. The average molecular weight is 493 g/mol. The Kier molecular flexibility index (Phi) is 5.83. The molecule has 0 amide bonds. The van der Waals surface area contributed by atoms with Gasteiger partial charge in [0.15, 0.2) is 0 Å². The minimum absolute atomic E-state index is 0. The van der Waals surface area contributed by atoms with Gasteiger partial charge in [-0.2, -0.15) is 0 Å². The van der Waals surface area contributed by atoms with E-state index in [1.807, 2.05) is 70.3 Å². The van der Waals surface area contributed by atoms with Gasteiger partial charge in [0.25, 0.3) is 0 Å². The van der Waals surface area contributed by atoms with E-state index in [1.54, 1.807) is 13.3 Å². The third kappa shape index (κ3) is 3.72. The van der Waals surface area contributed by atoms with Crippen LogP contribution in [0, 0.1) is 0 Å². The molecular weight excluding hydrogens is 474 g/mol. The van der Waals surface area contributed by atoms with Crippen LogP contribution in [0.15, 0.2) is 71.5 Å². The molecule has 1 aliphatic heterocycles. The second-order valence-corrected chi connectivity index (χ2v) is 7.22. The molecule has 7 heteroatoms. The first-order valence-electron chi connectivity index (χ1n) is 8.33. The molecule has 3 aromatic rings. The first-order valence-corrected chi connectivity index (χ1v) is 9.13. The molecule has 1 aromatic heterocycles. The predicted octanol–water partition coefficient (Wildman–Crippen LogP) is 0.00970. The average Bonchev–Trinajstić information content (AvgIpc) is 2.96. The first-order chi connectivity index (χ1) is 12.6. The largest absolute Gasteiger partial charge is 1.00 e. The fourth-order valence-corrected chi connectivity index (χ4v) is 3.57. The number of benzene rings is 2. The quantitative estimate of drug-likeness (QED) is 0.521. The van der Waals surface area contributed by atoms with Crippen LogP contribution in [0.5, 0.6) is 5.75 Å². The third-order valence-electron chi connectivity index (χ3n) is 4.68. The maximum absolute atomic E-state index is 11.6. The third-order valence-corrected chi connectivity index (χ3v) is 5.21. The van der Waals surface area contributed by atoms with Gasteiger partial charge >= 0.3 is 5.95 Å². The molecule has 0 saturated carbocycles. The van der Waals surface area contributed by atoms with Crippen LogP contribution in [0.1, 0.15) is 11.1 Å². The molecule has 1 atom stereocenters. The van der Waals surface area contributed by atoms with Crippen molar-refractivity contribution in [3.8, 4) is 5.75 Å². The zero-order chi connectivity index (χ0) is 18.1. The minimum atomic E-state index is -1.16. The smallest absolute Gasteiger partial charge is 0.397 e. The number of fused-ring (bicyclic) bond motifs is 1. The fourth-order valence-electron chi connectivity index (χ4n) is 3.31. The van der Waals surface area contributed by atoms with E-state index in [4.69, 9.17) is 4.74 Å². The summed E-state index contributed by atoms with van der Waals surface area (Å²) in [6, 6.07) is 17.5. The number of ether oxygens (including phenoxy) is 1. The zero-order valence-electron chi connectivity index (χ0n) is 14.7. The summed E-state index contributed by atoms with van der Waals surface area (Å²) in [5.41, 5.74) is 0.738. The molecule has 27 heavy (non-hydrogen) atoms. The Labute approximate surface area is 177 Å². The van der Waals surface area contributed by atoms with Gasteiger partial charge in [0.2, 0.25) is 5.72 Å². The van der Waals surface area contributed by atoms with Crippen molar-refractivity contribution < 1.29 is 31.4 Å².